The van der Waals surface area contributed by atoms with Gasteiger partial charge in [0.15, 0.2) is 0 Å². The number of benzene rings is 1. The lowest BCUT2D eigenvalue weighted by molar-refractivity contribution is -0.0221. The number of amides is 1. The van der Waals surface area contributed by atoms with Crippen LogP contribution in [0.1, 0.15) is 67.4 Å². The maximum Gasteiger partial charge on any atom is 0.257 e. The van der Waals surface area contributed by atoms with Crippen LogP contribution in [-0.4, -0.2) is 67.9 Å². The lowest BCUT2D eigenvalue weighted by Crippen LogP contribution is -2.39. The second-order valence-corrected chi connectivity index (χ2v) is 14.2. The first kappa shape index (κ1) is 28.1. The Morgan fingerprint density at radius 1 is 0.927 bits per heavy atom. The number of alkyl halides is 2. The van der Waals surface area contributed by atoms with Crippen LogP contribution in [0.5, 0.6) is 0 Å². The van der Waals surface area contributed by atoms with Crippen molar-refractivity contribution in [2.24, 2.45) is 5.41 Å². The highest BCUT2D eigenvalue weighted by molar-refractivity contribution is 7.92. The van der Waals surface area contributed by atoms with E-state index in [1.807, 2.05) is 4.90 Å². The molecule has 4 aliphatic rings. The van der Waals surface area contributed by atoms with Gasteiger partial charge in [-0.05, 0) is 75.1 Å². The molecule has 9 nitrogen and oxygen atoms in total. The van der Waals surface area contributed by atoms with Crippen molar-refractivity contribution in [3.63, 3.8) is 0 Å². The molecule has 2 saturated heterocycles. The first-order valence-electron chi connectivity index (χ1n) is 14.4. The summed E-state index contributed by atoms with van der Waals surface area (Å²) >= 11 is 0. The van der Waals surface area contributed by atoms with E-state index in [1.54, 1.807) is 37.3 Å². The topological polar surface area (TPSA) is 115 Å². The summed E-state index contributed by atoms with van der Waals surface area (Å²) in [4.78, 5) is 22.1. The molecular weight excluding hydrogens is 552 g/mol. The van der Waals surface area contributed by atoms with Gasteiger partial charge in [0.2, 0.25) is 10.0 Å². The van der Waals surface area contributed by atoms with Gasteiger partial charge in [-0.15, -0.1) is 0 Å². The lowest BCUT2D eigenvalue weighted by Gasteiger charge is -2.35. The van der Waals surface area contributed by atoms with Crippen molar-refractivity contribution in [3.05, 3.63) is 41.6 Å². The molecule has 1 aromatic heterocycles. The van der Waals surface area contributed by atoms with Gasteiger partial charge in [-0.25, -0.2) is 22.2 Å². The Labute approximate surface area is 239 Å². The first-order valence-corrected chi connectivity index (χ1v) is 16.0. The van der Waals surface area contributed by atoms with Crippen LogP contribution in [0.2, 0.25) is 0 Å². The van der Waals surface area contributed by atoms with Crippen LogP contribution < -0.4 is 19.8 Å². The highest BCUT2D eigenvalue weighted by Crippen LogP contribution is 2.54. The molecule has 3 heterocycles. The van der Waals surface area contributed by atoms with E-state index in [2.05, 4.69) is 19.9 Å². The van der Waals surface area contributed by atoms with E-state index in [9.17, 15) is 27.1 Å². The third kappa shape index (κ3) is 6.58. The number of halogens is 2. The zero-order valence-corrected chi connectivity index (χ0v) is 24.1. The van der Waals surface area contributed by atoms with Gasteiger partial charge in [0.1, 0.15) is 5.82 Å². The summed E-state index contributed by atoms with van der Waals surface area (Å²) in [5, 5.41) is 13.1. The molecule has 0 atom stereocenters. The summed E-state index contributed by atoms with van der Waals surface area (Å²) in [5.41, 5.74) is 1.83. The van der Waals surface area contributed by atoms with Gasteiger partial charge in [-0.2, -0.15) is 0 Å². The molecule has 6 rings (SSSR count). The van der Waals surface area contributed by atoms with Crippen molar-refractivity contribution in [3.8, 4) is 0 Å². The van der Waals surface area contributed by atoms with Gasteiger partial charge in [0.05, 0.1) is 28.3 Å². The molecule has 0 radical (unpaired) electrons. The smallest absolute Gasteiger partial charge is 0.257 e. The second-order valence-electron chi connectivity index (χ2n) is 12.5. The summed E-state index contributed by atoms with van der Waals surface area (Å²) in [6.07, 6.45) is 4.98. The Kier molecular flexibility index (Phi) is 6.92. The molecule has 2 aliphatic carbocycles. The van der Waals surface area contributed by atoms with E-state index in [-0.39, 0.29) is 37.6 Å². The number of carbonyl (C=O) groups is 1. The van der Waals surface area contributed by atoms with Crippen molar-refractivity contribution >= 4 is 38.8 Å². The summed E-state index contributed by atoms with van der Waals surface area (Å²) < 4.78 is 55.4. The van der Waals surface area contributed by atoms with Gasteiger partial charge in [0, 0.05) is 56.5 Å². The molecule has 2 aliphatic heterocycles. The number of hydrogen-bond donors (Lipinski definition) is 3. The number of aryl methyl sites for hydroxylation is 1. The molecule has 2 aromatic rings. The molecule has 0 unspecified atom stereocenters. The van der Waals surface area contributed by atoms with E-state index >= 15 is 0 Å². The fraction of sp³-hybridized carbons (Fsp3) is 0.586. The molecule has 2 saturated carbocycles. The molecular formula is C29H37F2N5O4S. The van der Waals surface area contributed by atoms with Crippen LogP contribution in [0.15, 0.2) is 30.3 Å². The average Bonchev–Trinajstić information content (AvgIpc) is 3.82. The van der Waals surface area contributed by atoms with Gasteiger partial charge in [0.25, 0.3) is 11.8 Å². The van der Waals surface area contributed by atoms with E-state index in [1.165, 1.54) is 12.8 Å². The number of aromatic nitrogens is 1. The predicted octanol–water partition coefficient (Wildman–Crippen LogP) is 4.52. The Balaban J connectivity index is 1.24. The first-order chi connectivity index (χ1) is 19.3. The van der Waals surface area contributed by atoms with Crippen LogP contribution in [-0.2, 0) is 10.0 Å². The van der Waals surface area contributed by atoms with Gasteiger partial charge < -0.3 is 20.2 Å². The van der Waals surface area contributed by atoms with Crippen LogP contribution in [0.25, 0.3) is 0 Å². The molecule has 12 heteroatoms. The van der Waals surface area contributed by atoms with E-state index in [4.69, 9.17) is 0 Å². The number of nitrogens with one attached hydrogen (secondary N) is 2. The maximum atomic E-state index is 13.7. The van der Waals surface area contributed by atoms with E-state index < -0.39 is 21.5 Å². The van der Waals surface area contributed by atoms with Gasteiger partial charge in [-0.1, -0.05) is 0 Å². The van der Waals surface area contributed by atoms with Gasteiger partial charge >= 0.3 is 0 Å². The minimum absolute atomic E-state index is 0.187. The highest BCUT2D eigenvalue weighted by atomic mass is 32.2. The third-order valence-corrected chi connectivity index (χ3v) is 10.4. The minimum atomic E-state index is -3.77. The van der Waals surface area contributed by atoms with Crippen molar-refractivity contribution in [2.75, 3.05) is 51.8 Å². The molecule has 3 N–H and O–H groups in total. The second kappa shape index (κ2) is 10.1. The molecule has 1 aromatic carbocycles. The molecule has 1 amide bonds. The summed E-state index contributed by atoms with van der Waals surface area (Å²) in [6, 6.07) is 8.33. The number of rotatable bonds is 8. The monoisotopic (exact) mass is 589 g/mol. The largest absolute Gasteiger partial charge is 0.389 e. The molecule has 41 heavy (non-hydrogen) atoms. The number of nitrogens with zero attached hydrogens (tertiary/aromatic N) is 3. The fourth-order valence-corrected chi connectivity index (χ4v) is 7.51. The third-order valence-electron chi connectivity index (χ3n) is 8.94. The maximum absolute atomic E-state index is 13.7. The number of aliphatic hydroxyl groups is 1. The molecule has 222 valence electrons. The van der Waals surface area contributed by atoms with Crippen molar-refractivity contribution in [1.82, 2.24) is 4.98 Å². The summed E-state index contributed by atoms with van der Waals surface area (Å²) in [6.45, 7) is 3.71. The number of piperidine rings is 2. The Bertz CT molecular complexity index is 1440. The van der Waals surface area contributed by atoms with Crippen LogP contribution in [0.4, 0.5) is 31.7 Å². The zero-order chi connectivity index (χ0) is 29.0. The normalized spacial score (nSPS) is 22.3. The quantitative estimate of drug-likeness (QED) is 0.415. The zero-order valence-electron chi connectivity index (χ0n) is 23.3. The number of hydrogen-bond acceptors (Lipinski definition) is 7. The summed E-state index contributed by atoms with van der Waals surface area (Å²) in [7, 11) is -3.77. The fourth-order valence-electron chi connectivity index (χ4n) is 5.95. The summed E-state index contributed by atoms with van der Waals surface area (Å²) in [5.74, 6) is -2.83. The Morgan fingerprint density at radius 2 is 1.59 bits per heavy atom. The minimum Gasteiger partial charge on any atom is -0.389 e. The lowest BCUT2D eigenvalue weighted by atomic mass is 9.93. The number of anilines is 4. The van der Waals surface area contributed by atoms with Crippen molar-refractivity contribution in [1.29, 1.82) is 0 Å². The average molecular weight is 590 g/mol. The number of pyridine rings is 1. The van der Waals surface area contributed by atoms with Crippen molar-refractivity contribution in [2.45, 2.75) is 69.8 Å². The molecule has 4 fully saturated rings. The van der Waals surface area contributed by atoms with Crippen LogP contribution in [0, 0.1) is 12.3 Å². The predicted molar refractivity (Wildman–Crippen MR) is 154 cm³/mol. The standard InChI is InChI=1S/C29H37F2N5O4S/c1-20-16-22(18-25(32-20)36-14-10-29(30,31)11-15-36)33-26(37)23-3-2-21(34-41(39,40)19-28(38)6-7-28)17-24(23)35-12-8-27(4-5-27)9-13-35/h2-3,16-18,34,38H,4-15,19H2,1H3,(H,32,33,37). The molecule has 0 bridgehead atoms. The Hall–Kier alpha value is -2.99. The SMILES string of the molecule is Cc1cc(NC(=O)c2ccc(NS(=O)(=O)CC3(O)CC3)cc2N2CCC3(CC2)CC3)cc(N2CCC(F)(F)CC2)n1. The van der Waals surface area contributed by atoms with E-state index in [0.29, 0.717) is 52.4 Å². The molecule has 1 spiro atoms. The van der Waals surface area contributed by atoms with E-state index in [0.717, 1.165) is 25.9 Å². The van der Waals surface area contributed by atoms with Gasteiger partial charge in [-0.3, -0.25) is 9.52 Å². The van der Waals surface area contributed by atoms with Crippen LogP contribution >= 0.6 is 0 Å². The Morgan fingerprint density at radius 3 is 2.22 bits per heavy atom. The highest BCUT2D eigenvalue weighted by Gasteiger charge is 2.45. The number of carbonyl (C=O) groups excluding carboxylic acids is 1. The number of sulfonamides is 1. The van der Waals surface area contributed by atoms with Crippen molar-refractivity contribution < 1.29 is 27.1 Å². The van der Waals surface area contributed by atoms with Crippen LogP contribution in [0.3, 0.4) is 0 Å².